The maximum atomic E-state index is 12.0. The van der Waals surface area contributed by atoms with E-state index in [-0.39, 0.29) is 0 Å². The predicted octanol–water partition coefficient (Wildman–Crippen LogP) is 1.64. The Hall–Kier alpha value is -2.37. The van der Waals surface area contributed by atoms with Crippen molar-refractivity contribution in [3.05, 3.63) is 35.3 Å². The number of nitrogen functional groups attached to an aromatic ring is 1. The van der Waals surface area contributed by atoms with Gasteiger partial charge in [0.15, 0.2) is 5.82 Å². The van der Waals surface area contributed by atoms with Crippen molar-refractivity contribution in [2.45, 2.75) is 20.8 Å². The SMILES string of the molecule is CCOC(=O)c1cc(N)cnc1-n1nc(C)cc1C. The molecule has 0 spiro atoms. The number of ether oxygens (including phenoxy) is 1. The normalized spacial score (nSPS) is 10.5. The molecule has 6 heteroatoms. The molecular formula is C13H16N4O2. The number of rotatable bonds is 3. The number of hydrogen-bond acceptors (Lipinski definition) is 5. The van der Waals surface area contributed by atoms with Crippen LogP contribution >= 0.6 is 0 Å². The first-order chi connectivity index (χ1) is 9.02. The Morgan fingerprint density at radius 1 is 1.42 bits per heavy atom. The fraction of sp³-hybridized carbons (Fsp3) is 0.308. The lowest BCUT2D eigenvalue weighted by Crippen LogP contribution is -2.13. The molecule has 0 aliphatic carbocycles. The number of aryl methyl sites for hydroxylation is 2. The van der Waals surface area contributed by atoms with E-state index in [1.807, 2.05) is 19.9 Å². The van der Waals surface area contributed by atoms with Gasteiger partial charge in [-0.05, 0) is 32.9 Å². The first-order valence-electron chi connectivity index (χ1n) is 5.99. The maximum Gasteiger partial charge on any atom is 0.342 e. The summed E-state index contributed by atoms with van der Waals surface area (Å²) in [5, 5.41) is 4.32. The third kappa shape index (κ3) is 2.57. The number of nitrogens with zero attached hydrogens (tertiary/aromatic N) is 3. The lowest BCUT2D eigenvalue weighted by atomic mass is 10.2. The van der Waals surface area contributed by atoms with Gasteiger partial charge in [-0.2, -0.15) is 5.10 Å². The van der Waals surface area contributed by atoms with Gasteiger partial charge in [-0.3, -0.25) is 0 Å². The summed E-state index contributed by atoms with van der Waals surface area (Å²) in [6, 6.07) is 3.46. The zero-order valence-electron chi connectivity index (χ0n) is 11.2. The summed E-state index contributed by atoms with van der Waals surface area (Å²) < 4.78 is 6.63. The molecule has 100 valence electrons. The summed E-state index contributed by atoms with van der Waals surface area (Å²) in [6.07, 6.45) is 1.49. The number of pyridine rings is 1. The molecule has 19 heavy (non-hydrogen) atoms. The van der Waals surface area contributed by atoms with Crippen molar-refractivity contribution in [1.29, 1.82) is 0 Å². The van der Waals surface area contributed by atoms with Crippen LogP contribution in [0.3, 0.4) is 0 Å². The molecule has 0 saturated heterocycles. The van der Waals surface area contributed by atoms with E-state index in [1.54, 1.807) is 17.7 Å². The number of hydrogen-bond donors (Lipinski definition) is 1. The van der Waals surface area contributed by atoms with E-state index in [2.05, 4.69) is 10.1 Å². The van der Waals surface area contributed by atoms with Crippen molar-refractivity contribution in [1.82, 2.24) is 14.8 Å². The highest BCUT2D eigenvalue weighted by Gasteiger charge is 2.18. The van der Waals surface area contributed by atoms with Crippen LogP contribution in [0.1, 0.15) is 28.7 Å². The second-order valence-corrected chi connectivity index (χ2v) is 4.20. The summed E-state index contributed by atoms with van der Waals surface area (Å²) in [5.74, 6) is -0.0249. The smallest absolute Gasteiger partial charge is 0.342 e. The van der Waals surface area contributed by atoms with E-state index in [0.29, 0.717) is 23.7 Å². The Bertz CT molecular complexity index is 619. The van der Waals surface area contributed by atoms with E-state index >= 15 is 0 Å². The summed E-state index contributed by atoms with van der Waals surface area (Å²) in [7, 11) is 0. The Kier molecular flexibility index (Phi) is 3.50. The summed E-state index contributed by atoms with van der Waals surface area (Å²) in [6.45, 7) is 5.82. The van der Waals surface area contributed by atoms with Crippen molar-refractivity contribution < 1.29 is 9.53 Å². The van der Waals surface area contributed by atoms with Gasteiger partial charge in [0.2, 0.25) is 0 Å². The topological polar surface area (TPSA) is 83.0 Å². The fourth-order valence-corrected chi connectivity index (χ4v) is 1.84. The minimum Gasteiger partial charge on any atom is -0.462 e. The summed E-state index contributed by atoms with van der Waals surface area (Å²) in [4.78, 5) is 16.2. The van der Waals surface area contributed by atoms with Crippen molar-refractivity contribution in [2.24, 2.45) is 0 Å². The van der Waals surface area contributed by atoms with Gasteiger partial charge < -0.3 is 10.5 Å². The van der Waals surface area contributed by atoms with Gasteiger partial charge in [0, 0.05) is 5.69 Å². The van der Waals surface area contributed by atoms with Crippen LogP contribution in [0.2, 0.25) is 0 Å². The number of anilines is 1. The largest absolute Gasteiger partial charge is 0.462 e. The minimum atomic E-state index is -0.454. The van der Waals surface area contributed by atoms with Crippen LogP contribution in [0.15, 0.2) is 18.3 Å². The molecule has 6 nitrogen and oxygen atoms in total. The van der Waals surface area contributed by atoms with Crippen LogP contribution in [-0.4, -0.2) is 27.3 Å². The molecule has 0 fully saturated rings. The molecule has 0 aromatic carbocycles. The lowest BCUT2D eigenvalue weighted by Gasteiger charge is -2.10. The number of carbonyl (C=O) groups excluding carboxylic acids is 1. The van der Waals surface area contributed by atoms with Gasteiger partial charge in [0.1, 0.15) is 5.56 Å². The zero-order valence-corrected chi connectivity index (χ0v) is 11.2. The van der Waals surface area contributed by atoms with Crippen LogP contribution in [-0.2, 0) is 4.74 Å². The van der Waals surface area contributed by atoms with Gasteiger partial charge >= 0.3 is 5.97 Å². The molecule has 2 rings (SSSR count). The van der Waals surface area contributed by atoms with Crippen molar-refractivity contribution >= 4 is 11.7 Å². The molecular weight excluding hydrogens is 244 g/mol. The van der Waals surface area contributed by atoms with E-state index in [4.69, 9.17) is 10.5 Å². The quantitative estimate of drug-likeness (QED) is 0.848. The van der Waals surface area contributed by atoms with Gasteiger partial charge in [0.05, 0.1) is 24.2 Å². The predicted molar refractivity (Wildman–Crippen MR) is 71.2 cm³/mol. The highest BCUT2D eigenvalue weighted by atomic mass is 16.5. The fourth-order valence-electron chi connectivity index (χ4n) is 1.84. The first kappa shape index (κ1) is 13.1. The maximum absolute atomic E-state index is 12.0. The highest BCUT2D eigenvalue weighted by molar-refractivity contribution is 5.93. The molecule has 0 amide bonds. The van der Waals surface area contributed by atoms with E-state index in [1.165, 1.54) is 6.20 Å². The van der Waals surface area contributed by atoms with Gasteiger partial charge in [-0.25, -0.2) is 14.5 Å². The molecule has 0 aliphatic heterocycles. The minimum absolute atomic E-state index is 0.296. The van der Waals surface area contributed by atoms with Crippen LogP contribution < -0.4 is 5.73 Å². The number of esters is 1. The Balaban J connectivity index is 2.57. The molecule has 2 heterocycles. The Labute approximate surface area is 111 Å². The molecule has 0 saturated carbocycles. The second-order valence-electron chi connectivity index (χ2n) is 4.20. The van der Waals surface area contributed by atoms with Gasteiger partial charge in [-0.15, -0.1) is 0 Å². The zero-order chi connectivity index (χ0) is 14.0. The lowest BCUT2D eigenvalue weighted by molar-refractivity contribution is 0.0526. The van der Waals surface area contributed by atoms with Crippen LogP contribution in [0.25, 0.3) is 5.82 Å². The van der Waals surface area contributed by atoms with Crippen LogP contribution in [0, 0.1) is 13.8 Å². The van der Waals surface area contributed by atoms with E-state index in [9.17, 15) is 4.79 Å². The molecule has 0 bridgehead atoms. The van der Waals surface area contributed by atoms with Gasteiger partial charge in [-0.1, -0.05) is 0 Å². The number of nitrogens with two attached hydrogens (primary N) is 1. The molecule has 0 radical (unpaired) electrons. The molecule has 2 N–H and O–H groups in total. The monoisotopic (exact) mass is 260 g/mol. The molecule has 2 aromatic heterocycles. The number of aromatic nitrogens is 3. The average molecular weight is 260 g/mol. The van der Waals surface area contributed by atoms with E-state index in [0.717, 1.165) is 11.4 Å². The average Bonchev–Trinajstić information content (AvgIpc) is 2.68. The van der Waals surface area contributed by atoms with Crippen molar-refractivity contribution in [3.63, 3.8) is 0 Å². The number of carbonyl (C=O) groups is 1. The Morgan fingerprint density at radius 2 is 2.16 bits per heavy atom. The van der Waals surface area contributed by atoms with Crippen molar-refractivity contribution in [3.8, 4) is 5.82 Å². The molecule has 0 atom stereocenters. The van der Waals surface area contributed by atoms with Gasteiger partial charge in [0.25, 0.3) is 0 Å². The summed E-state index contributed by atoms with van der Waals surface area (Å²) >= 11 is 0. The van der Waals surface area contributed by atoms with Crippen molar-refractivity contribution in [2.75, 3.05) is 12.3 Å². The molecule has 0 unspecified atom stereocenters. The van der Waals surface area contributed by atoms with Crippen LogP contribution in [0.4, 0.5) is 5.69 Å². The van der Waals surface area contributed by atoms with Crippen LogP contribution in [0.5, 0.6) is 0 Å². The van der Waals surface area contributed by atoms with E-state index < -0.39 is 5.97 Å². The second kappa shape index (κ2) is 5.09. The summed E-state index contributed by atoms with van der Waals surface area (Å²) in [5.41, 5.74) is 8.15. The third-order valence-corrected chi connectivity index (χ3v) is 2.59. The first-order valence-corrected chi connectivity index (χ1v) is 5.99. The highest BCUT2D eigenvalue weighted by Crippen LogP contribution is 2.18. The molecule has 0 aliphatic rings. The standard InChI is InChI=1S/C13H16N4O2/c1-4-19-13(18)11-6-10(14)7-15-12(11)17-9(3)5-8(2)16-17/h5-7H,4,14H2,1-3H3. The Morgan fingerprint density at radius 3 is 2.74 bits per heavy atom. The third-order valence-electron chi connectivity index (χ3n) is 2.59. The molecule has 2 aromatic rings.